The molecule has 0 aliphatic carbocycles. The first-order valence-corrected chi connectivity index (χ1v) is 5.03. The van der Waals surface area contributed by atoms with Crippen LogP contribution in [0.1, 0.15) is 19.4 Å². The molecule has 0 bridgehead atoms. The molecule has 15 heavy (non-hydrogen) atoms. The average Bonchev–Trinajstić information content (AvgIpc) is 2.22. The zero-order valence-corrected chi connectivity index (χ0v) is 9.32. The van der Waals surface area contributed by atoms with Crippen molar-refractivity contribution < 1.29 is 14.3 Å². The fraction of sp³-hybridized carbons (Fsp3) is 0.417. The molecule has 1 rings (SSSR count). The second-order valence-electron chi connectivity index (χ2n) is 3.33. The van der Waals surface area contributed by atoms with Crippen molar-refractivity contribution in [3.63, 3.8) is 0 Å². The van der Waals surface area contributed by atoms with Gasteiger partial charge in [0.15, 0.2) is 6.10 Å². The Balaban J connectivity index is 2.54. The summed E-state index contributed by atoms with van der Waals surface area (Å²) in [6.45, 7) is 5.83. The fourth-order valence-electron chi connectivity index (χ4n) is 1.13. The van der Waals surface area contributed by atoms with E-state index in [2.05, 4.69) is 0 Å². The zero-order chi connectivity index (χ0) is 11.3. The molecule has 0 radical (unpaired) electrons. The van der Waals surface area contributed by atoms with Crippen molar-refractivity contribution >= 4 is 5.97 Å². The summed E-state index contributed by atoms with van der Waals surface area (Å²) in [7, 11) is 0. The number of esters is 1. The third kappa shape index (κ3) is 3.62. The number of carbonyl (C=O) groups is 1. The highest BCUT2D eigenvalue weighted by Gasteiger charge is 2.15. The first-order chi connectivity index (χ1) is 7.13. The first kappa shape index (κ1) is 11.6. The Kier molecular flexibility index (Phi) is 4.16. The van der Waals surface area contributed by atoms with E-state index >= 15 is 0 Å². The molecule has 1 atom stereocenters. The molecule has 1 aromatic carbocycles. The van der Waals surface area contributed by atoms with Crippen molar-refractivity contribution in [2.75, 3.05) is 6.61 Å². The molecular weight excluding hydrogens is 192 g/mol. The molecule has 0 N–H and O–H groups in total. The smallest absolute Gasteiger partial charge is 0.347 e. The van der Waals surface area contributed by atoms with Gasteiger partial charge in [0.05, 0.1) is 6.61 Å². The Labute approximate surface area is 90.0 Å². The quantitative estimate of drug-likeness (QED) is 0.712. The molecule has 0 aliphatic rings. The lowest BCUT2D eigenvalue weighted by Gasteiger charge is -2.13. The van der Waals surface area contributed by atoms with Crippen molar-refractivity contribution in [1.29, 1.82) is 0 Å². The lowest BCUT2D eigenvalue weighted by atomic mass is 10.2. The van der Waals surface area contributed by atoms with Crippen LogP contribution in [-0.2, 0) is 9.53 Å². The number of hydrogen-bond donors (Lipinski definition) is 0. The Morgan fingerprint density at radius 2 is 1.93 bits per heavy atom. The van der Waals surface area contributed by atoms with Crippen LogP contribution in [0.3, 0.4) is 0 Å². The van der Waals surface area contributed by atoms with Gasteiger partial charge in [0, 0.05) is 0 Å². The second kappa shape index (κ2) is 5.39. The van der Waals surface area contributed by atoms with Gasteiger partial charge in [-0.05, 0) is 32.9 Å². The second-order valence-corrected chi connectivity index (χ2v) is 3.33. The van der Waals surface area contributed by atoms with Crippen LogP contribution < -0.4 is 4.74 Å². The van der Waals surface area contributed by atoms with Crippen molar-refractivity contribution in [2.24, 2.45) is 0 Å². The maximum atomic E-state index is 11.3. The van der Waals surface area contributed by atoms with Crippen LogP contribution in [-0.4, -0.2) is 18.7 Å². The standard InChI is InChI=1S/C12H16O3/c1-4-14-12(13)10(3)15-11-7-5-9(2)6-8-11/h5-8,10H,4H2,1-3H3. The minimum atomic E-state index is -0.562. The Morgan fingerprint density at radius 3 is 2.47 bits per heavy atom. The van der Waals surface area contributed by atoms with Crippen LogP contribution in [0.25, 0.3) is 0 Å². The van der Waals surface area contributed by atoms with Crippen LogP contribution >= 0.6 is 0 Å². The molecular formula is C12H16O3. The molecule has 1 aromatic rings. The van der Waals surface area contributed by atoms with Gasteiger partial charge in [-0.2, -0.15) is 0 Å². The third-order valence-electron chi connectivity index (χ3n) is 1.95. The molecule has 0 amide bonds. The van der Waals surface area contributed by atoms with E-state index in [0.717, 1.165) is 5.56 Å². The van der Waals surface area contributed by atoms with Gasteiger partial charge in [-0.25, -0.2) is 4.79 Å². The van der Waals surface area contributed by atoms with E-state index in [-0.39, 0.29) is 5.97 Å². The number of rotatable bonds is 4. The van der Waals surface area contributed by atoms with Gasteiger partial charge < -0.3 is 9.47 Å². The highest BCUT2D eigenvalue weighted by atomic mass is 16.6. The van der Waals surface area contributed by atoms with E-state index in [4.69, 9.17) is 9.47 Å². The minimum absolute atomic E-state index is 0.335. The summed E-state index contributed by atoms with van der Waals surface area (Å²) >= 11 is 0. The summed E-state index contributed by atoms with van der Waals surface area (Å²) in [5.74, 6) is 0.347. The Morgan fingerprint density at radius 1 is 1.33 bits per heavy atom. The minimum Gasteiger partial charge on any atom is -0.479 e. The summed E-state index contributed by atoms with van der Waals surface area (Å²) < 4.78 is 10.2. The van der Waals surface area contributed by atoms with E-state index in [1.54, 1.807) is 13.8 Å². The predicted molar refractivity (Wildman–Crippen MR) is 57.9 cm³/mol. The molecule has 82 valence electrons. The van der Waals surface area contributed by atoms with Crippen LogP contribution in [0.5, 0.6) is 5.75 Å². The van der Waals surface area contributed by atoms with E-state index in [1.807, 2.05) is 31.2 Å². The number of aryl methyl sites for hydroxylation is 1. The molecule has 1 unspecified atom stereocenters. The van der Waals surface area contributed by atoms with Crippen LogP contribution in [0, 0.1) is 6.92 Å². The number of hydrogen-bond acceptors (Lipinski definition) is 3. The number of carbonyl (C=O) groups excluding carboxylic acids is 1. The maximum absolute atomic E-state index is 11.3. The van der Waals surface area contributed by atoms with Crippen molar-refractivity contribution in [2.45, 2.75) is 26.9 Å². The largest absolute Gasteiger partial charge is 0.479 e. The van der Waals surface area contributed by atoms with Crippen LogP contribution in [0.15, 0.2) is 24.3 Å². The molecule has 0 aromatic heterocycles. The van der Waals surface area contributed by atoms with Gasteiger partial charge in [0.2, 0.25) is 0 Å². The number of ether oxygens (including phenoxy) is 2. The van der Waals surface area contributed by atoms with E-state index in [0.29, 0.717) is 12.4 Å². The Hall–Kier alpha value is -1.51. The highest BCUT2D eigenvalue weighted by molar-refractivity contribution is 5.74. The molecule has 0 spiro atoms. The molecule has 3 nitrogen and oxygen atoms in total. The topological polar surface area (TPSA) is 35.5 Å². The molecule has 3 heteroatoms. The molecule has 0 saturated heterocycles. The summed E-state index contributed by atoms with van der Waals surface area (Å²) in [5.41, 5.74) is 1.16. The van der Waals surface area contributed by atoms with Gasteiger partial charge >= 0.3 is 5.97 Å². The van der Waals surface area contributed by atoms with Gasteiger partial charge in [-0.1, -0.05) is 17.7 Å². The lowest BCUT2D eigenvalue weighted by Crippen LogP contribution is -2.25. The van der Waals surface area contributed by atoms with E-state index in [1.165, 1.54) is 0 Å². The van der Waals surface area contributed by atoms with Crippen molar-refractivity contribution in [1.82, 2.24) is 0 Å². The Bertz CT molecular complexity index is 316. The maximum Gasteiger partial charge on any atom is 0.347 e. The van der Waals surface area contributed by atoms with E-state index in [9.17, 15) is 4.79 Å². The van der Waals surface area contributed by atoms with Gasteiger partial charge in [-0.3, -0.25) is 0 Å². The normalized spacial score (nSPS) is 11.9. The lowest BCUT2D eigenvalue weighted by molar-refractivity contribution is -0.150. The summed E-state index contributed by atoms with van der Waals surface area (Å²) in [6, 6.07) is 7.55. The van der Waals surface area contributed by atoms with Gasteiger partial charge in [0.25, 0.3) is 0 Å². The summed E-state index contributed by atoms with van der Waals surface area (Å²) in [4.78, 5) is 11.3. The zero-order valence-electron chi connectivity index (χ0n) is 9.32. The van der Waals surface area contributed by atoms with E-state index < -0.39 is 6.10 Å². The van der Waals surface area contributed by atoms with Crippen molar-refractivity contribution in [3.05, 3.63) is 29.8 Å². The fourth-order valence-corrected chi connectivity index (χ4v) is 1.13. The molecule has 0 aliphatic heterocycles. The molecule has 0 saturated carbocycles. The first-order valence-electron chi connectivity index (χ1n) is 5.03. The third-order valence-corrected chi connectivity index (χ3v) is 1.95. The molecule has 0 heterocycles. The van der Waals surface area contributed by atoms with Gasteiger partial charge in [-0.15, -0.1) is 0 Å². The van der Waals surface area contributed by atoms with Crippen LogP contribution in [0.2, 0.25) is 0 Å². The number of benzene rings is 1. The monoisotopic (exact) mass is 208 g/mol. The van der Waals surface area contributed by atoms with Gasteiger partial charge in [0.1, 0.15) is 5.75 Å². The summed E-state index contributed by atoms with van der Waals surface area (Å²) in [6.07, 6.45) is -0.562. The SMILES string of the molecule is CCOC(=O)C(C)Oc1ccc(C)cc1. The summed E-state index contributed by atoms with van der Waals surface area (Å²) in [5, 5.41) is 0. The average molecular weight is 208 g/mol. The molecule has 0 fully saturated rings. The van der Waals surface area contributed by atoms with Crippen molar-refractivity contribution in [3.8, 4) is 5.75 Å². The highest BCUT2D eigenvalue weighted by Crippen LogP contribution is 2.13. The predicted octanol–water partition coefficient (Wildman–Crippen LogP) is 2.33. The van der Waals surface area contributed by atoms with Crippen LogP contribution in [0.4, 0.5) is 0 Å².